The van der Waals surface area contributed by atoms with Gasteiger partial charge in [-0.1, -0.05) is 38.5 Å². The molecular formula is C16H20F2. The first-order valence-corrected chi connectivity index (χ1v) is 6.76. The van der Waals surface area contributed by atoms with Crippen molar-refractivity contribution >= 4 is 5.57 Å². The SMILES string of the molecule is CC[C@@H](C)C1CC=C(c2cccc(F)c2F)CC1. The lowest BCUT2D eigenvalue weighted by molar-refractivity contribution is 0.326. The van der Waals surface area contributed by atoms with Crippen LogP contribution in [-0.2, 0) is 0 Å². The van der Waals surface area contributed by atoms with E-state index in [4.69, 9.17) is 0 Å². The fourth-order valence-electron chi connectivity index (χ4n) is 2.70. The Kier molecular flexibility index (Phi) is 4.15. The van der Waals surface area contributed by atoms with E-state index in [1.165, 1.54) is 12.5 Å². The third kappa shape index (κ3) is 2.63. The van der Waals surface area contributed by atoms with Crippen LogP contribution in [0.2, 0.25) is 0 Å². The summed E-state index contributed by atoms with van der Waals surface area (Å²) in [7, 11) is 0. The molecule has 2 atom stereocenters. The van der Waals surface area contributed by atoms with Crippen LogP contribution < -0.4 is 0 Å². The highest BCUT2D eigenvalue weighted by molar-refractivity contribution is 5.66. The summed E-state index contributed by atoms with van der Waals surface area (Å²) in [5.41, 5.74) is 1.41. The largest absolute Gasteiger partial charge is 0.204 e. The van der Waals surface area contributed by atoms with Crippen LogP contribution in [0.5, 0.6) is 0 Å². The number of hydrogen-bond acceptors (Lipinski definition) is 0. The van der Waals surface area contributed by atoms with Crippen molar-refractivity contribution in [3.8, 4) is 0 Å². The zero-order chi connectivity index (χ0) is 13.1. The van der Waals surface area contributed by atoms with Crippen molar-refractivity contribution in [2.75, 3.05) is 0 Å². The van der Waals surface area contributed by atoms with Gasteiger partial charge in [0.2, 0.25) is 0 Å². The second kappa shape index (κ2) is 5.64. The Balaban J connectivity index is 2.17. The van der Waals surface area contributed by atoms with Gasteiger partial charge in [0.05, 0.1) is 0 Å². The lowest BCUT2D eigenvalue weighted by atomic mass is 9.79. The molecule has 1 aromatic carbocycles. The molecule has 0 radical (unpaired) electrons. The second-order valence-electron chi connectivity index (χ2n) is 5.25. The van der Waals surface area contributed by atoms with E-state index in [0.29, 0.717) is 17.4 Å². The second-order valence-corrected chi connectivity index (χ2v) is 5.25. The Morgan fingerprint density at radius 3 is 2.72 bits per heavy atom. The summed E-state index contributed by atoms with van der Waals surface area (Å²) < 4.78 is 26.9. The molecule has 0 saturated carbocycles. The minimum atomic E-state index is -0.752. The lowest BCUT2D eigenvalue weighted by Gasteiger charge is -2.26. The van der Waals surface area contributed by atoms with E-state index in [0.717, 1.165) is 24.8 Å². The van der Waals surface area contributed by atoms with E-state index >= 15 is 0 Å². The Morgan fingerprint density at radius 1 is 1.33 bits per heavy atom. The summed E-state index contributed by atoms with van der Waals surface area (Å²) in [6.45, 7) is 4.47. The van der Waals surface area contributed by atoms with Gasteiger partial charge < -0.3 is 0 Å². The smallest absolute Gasteiger partial charge is 0.166 e. The molecule has 0 aromatic heterocycles. The Labute approximate surface area is 108 Å². The molecule has 0 bridgehead atoms. The zero-order valence-corrected chi connectivity index (χ0v) is 11.0. The lowest BCUT2D eigenvalue weighted by Crippen LogP contribution is -2.14. The van der Waals surface area contributed by atoms with Crippen molar-refractivity contribution in [2.24, 2.45) is 11.8 Å². The van der Waals surface area contributed by atoms with Crippen LogP contribution in [0, 0.1) is 23.5 Å². The molecule has 1 aliphatic rings. The van der Waals surface area contributed by atoms with Gasteiger partial charge in [0.1, 0.15) is 0 Å². The van der Waals surface area contributed by atoms with Crippen LogP contribution in [-0.4, -0.2) is 0 Å². The fourth-order valence-corrected chi connectivity index (χ4v) is 2.70. The molecule has 1 unspecified atom stereocenters. The molecule has 1 aromatic rings. The maximum absolute atomic E-state index is 13.7. The van der Waals surface area contributed by atoms with E-state index in [2.05, 4.69) is 19.9 Å². The van der Waals surface area contributed by atoms with E-state index in [1.54, 1.807) is 12.1 Å². The van der Waals surface area contributed by atoms with E-state index in [9.17, 15) is 8.78 Å². The maximum Gasteiger partial charge on any atom is 0.166 e. The minimum absolute atomic E-state index is 0.442. The first-order valence-electron chi connectivity index (χ1n) is 6.76. The molecule has 18 heavy (non-hydrogen) atoms. The summed E-state index contributed by atoms with van der Waals surface area (Å²) in [6, 6.07) is 4.42. The van der Waals surface area contributed by atoms with E-state index in [1.807, 2.05) is 0 Å². The molecule has 0 amide bonds. The quantitative estimate of drug-likeness (QED) is 0.692. The summed E-state index contributed by atoms with van der Waals surface area (Å²) in [4.78, 5) is 0. The average molecular weight is 250 g/mol. The number of allylic oxidation sites excluding steroid dienone is 2. The van der Waals surface area contributed by atoms with Gasteiger partial charge in [0.25, 0.3) is 0 Å². The minimum Gasteiger partial charge on any atom is -0.204 e. The monoisotopic (exact) mass is 250 g/mol. The first kappa shape index (κ1) is 13.3. The van der Waals surface area contributed by atoms with Crippen LogP contribution in [0.1, 0.15) is 45.1 Å². The zero-order valence-electron chi connectivity index (χ0n) is 11.0. The molecule has 0 nitrogen and oxygen atoms in total. The van der Waals surface area contributed by atoms with Gasteiger partial charge in [-0.15, -0.1) is 0 Å². The molecule has 0 spiro atoms. The molecule has 98 valence electrons. The number of halogens is 2. The van der Waals surface area contributed by atoms with Crippen LogP contribution >= 0.6 is 0 Å². The van der Waals surface area contributed by atoms with Crippen molar-refractivity contribution in [1.29, 1.82) is 0 Å². The van der Waals surface area contributed by atoms with E-state index in [-0.39, 0.29) is 0 Å². The Morgan fingerprint density at radius 2 is 2.11 bits per heavy atom. The maximum atomic E-state index is 13.7. The molecule has 0 aliphatic heterocycles. The molecule has 0 N–H and O–H groups in total. The van der Waals surface area contributed by atoms with E-state index < -0.39 is 11.6 Å². The highest BCUT2D eigenvalue weighted by Crippen LogP contribution is 2.35. The van der Waals surface area contributed by atoms with Gasteiger partial charge in [-0.25, -0.2) is 8.78 Å². The number of hydrogen-bond donors (Lipinski definition) is 0. The van der Waals surface area contributed by atoms with Crippen molar-refractivity contribution < 1.29 is 8.78 Å². The molecule has 1 aliphatic carbocycles. The van der Waals surface area contributed by atoms with Crippen molar-refractivity contribution in [3.05, 3.63) is 41.5 Å². The number of benzene rings is 1. The first-order chi connectivity index (χ1) is 8.63. The molecule has 0 fully saturated rings. The highest BCUT2D eigenvalue weighted by Gasteiger charge is 2.21. The Bertz CT molecular complexity index is 448. The van der Waals surface area contributed by atoms with Crippen LogP contribution in [0.4, 0.5) is 8.78 Å². The predicted octanol–water partition coefficient (Wildman–Crippen LogP) is 5.19. The number of rotatable bonds is 3. The molecular weight excluding hydrogens is 230 g/mol. The van der Waals surface area contributed by atoms with Gasteiger partial charge in [-0.2, -0.15) is 0 Å². The third-order valence-electron chi connectivity index (χ3n) is 4.20. The average Bonchev–Trinajstić information content (AvgIpc) is 2.41. The van der Waals surface area contributed by atoms with Crippen molar-refractivity contribution in [1.82, 2.24) is 0 Å². The van der Waals surface area contributed by atoms with Gasteiger partial charge >= 0.3 is 0 Å². The highest BCUT2D eigenvalue weighted by atomic mass is 19.2. The van der Waals surface area contributed by atoms with Crippen LogP contribution in [0.3, 0.4) is 0 Å². The van der Waals surface area contributed by atoms with Crippen LogP contribution in [0.25, 0.3) is 5.57 Å². The molecule has 0 saturated heterocycles. The summed E-state index contributed by atoms with van der Waals surface area (Å²) in [5, 5.41) is 0. The van der Waals surface area contributed by atoms with Gasteiger partial charge in [-0.3, -0.25) is 0 Å². The van der Waals surface area contributed by atoms with Crippen molar-refractivity contribution in [3.63, 3.8) is 0 Å². The van der Waals surface area contributed by atoms with Gasteiger partial charge in [0.15, 0.2) is 11.6 Å². The van der Waals surface area contributed by atoms with Crippen molar-refractivity contribution in [2.45, 2.75) is 39.5 Å². The molecule has 2 rings (SSSR count). The third-order valence-corrected chi connectivity index (χ3v) is 4.20. The fraction of sp³-hybridized carbons (Fsp3) is 0.500. The summed E-state index contributed by atoms with van der Waals surface area (Å²) in [5.74, 6) is -0.0567. The normalized spacial score (nSPS) is 21.6. The summed E-state index contributed by atoms with van der Waals surface area (Å²) in [6.07, 6.45) is 6.20. The predicted molar refractivity (Wildman–Crippen MR) is 71.1 cm³/mol. The molecule has 0 heterocycles. The topological polar surface area (TPSA) is 0 Å². The summed E-state index contributed by atoms with van der Waals surface area (Å²) >= 11 is 0. The standard InChI is InChI=1S/C16H20F2/c1-3-11(2)12-7-9-13(10-8-12)14-5-4-6-15(17)16(14)18/h4-6,9,11-12H,3,7-8,10H2,1-2H3/t11-,12?/m1/s1. The van der Waals surface area contributed by atoms with Gasteiger partial charge in [0, 0.05) is 5.56 Å². The van der Waals surface area contributed by atoms with Crippen LogP contribution in [0.15, 0.2) is 24.3 Å². The molecule has 2 heteroatoms. The Hall–Kier alpha value is -1.18. The van der Waals surface area contributed by atoms with Gasteiger partial charge in [-0.05, 0) is 42.7 Å².